The predicted octanol–water partition coefficient (Wildman–Crippen LogP) is 5.14. The van der Waals surface area contributed by atoms with Gasteiger partial charge in [0.1, 0.15) is 25.0 Å². The van der Waals surface area contributed by atoms with Crippen LogP contribution in [0.2, 0.25) is 0 Å². The van der Waals surface area contributed by atoms with Crippen molar-refractivity contribution in [2.45, 2.75) is 32.7 Å². The summed E-state index contributed by atoms with van der Waals surface area (Å²) in [5, 5.41) is 42.6. The van der Waals surface area contributed by atoms with Gasteiger partial charge in [0.25, 0.3) is 0 Å². The molecule has 0 heterocycles. The molecule has 0 saturated carbocycles. The van der Waals surface area contributed by atoms with E-state index in [1.807, 2.05) is 55.5 Å². The molecule has 0 aliphatic carbocycles. The summed E-state index contributed by atoms with van der Waals surface area (Å²) in [6.45, 7) is 1.26. The maximum Gasteiger partial charge on any atom is 0.323 e. The molecule has 10 heteroatoms. The molecule has 0 aliphatic heterocycles. The minimum absolute atomic E-state index is 0.0222. The first-order valence-corrected chi connectivity index (χ1v) is 13.1. The van der Waals surface area contributed by atoms with Gasteiger partial charge in [0.15, 0.2) is 0 Å². The number of rotatable bonds is 13. The summed E-state index contributed by atoms with van der Waals surface area (Å²) < 4.78 is 12.0. The summed E-state index contributed by atoms with van der Waals surface area (Å²) >= 11 is 0. The van der Waals surface area contributed by atoms with E-state index in [0.29, 0.717) is 16.7 Å². The molecule has 10 nitrogen and oxygen atoms in total. The van der Waals surface area contributed by atoms with Crippen LogP contribution in [0.1, 0.15) is 27.8 Å². The topological polar surface area (TPSA) is 155 Å². The lowest BCUT2D eigenvalue weighted by atomic mass is 9.97. The number of benzene rings is 4. The lowest BCUT2D eigenvalue weighted by molar-refractivity contribution is -0.386. The number of carboxylic acid groups (broad SMARTS) is 1. The van der Waals surface area contributed by atoms with Crippen molar-refractivity contribution in [2.24, 2.45) is 0 Å². The largest absolute Gasteiger partial charge is 0.488 e. The van der Waals surface area contributed by atoms with E-state index in [9.17, 15) is 30.4 Å². The molecule has 0 bridgehead atoms. The van der Waals surface area contributed by atoms with Crippen LogP contribution in [0.3, 0.4) is 0 Å². The van der Waals surface area contributed by atoms with Crippen LogP contribution in [0.25, 0.3) is 11.1 Å². The molecule has 0 radical (unpaired) electrons. The molecule has 4 aromatic carbocycles. The zero-order valence-electron chi connectivity index (χ0n) is 22.8. The Morgan fingerprint density at radius 2 is 1.71 bits per heavy atom. The van der Waals surface area contributed by atoms with Crippen LogP contribution in [-0.2, 0) is 24.6 Å². The Morgan fingerprint density at radius 3 is 2.40 bits per heavy atom. The van der Waals surface area contributed by atoms with E-state index >= 15 is 0 Å². The van der Waals surface area contributed by atoms with Gasteiger partial charge in [-0.05, 0) is 46.9 Å². The molecule has 4 aromatic rings. The normalized spacial score (nSPS) is 11.4. The van der Waals surface area contributed by atoms with E-state index in [1.165, 1.54) is 12.1 Å². The Kier molecular flexibility index (Phi) is 9.84. The molecule has 0 amide bonds. The third kappa shape index (κ3) is 7.28. The summed E-state index contributed by atoms with van der Waals surface area (Å²) in [5.41, 5.74) is 5.01. The molecule has 3 N–H and O–H groups in total. The predicted molar refractivity (Wildman–Crippen MR) is 155 cm³/mol. The fraction of sp³-hybridized carbons (Fsp3) is 0.188. The lowest BCUT2D eigenvalue weighted by Gasteiger charge is -2.17. The van der Waals surface area contributed by atoms with Crippen molar-refractivity contribution >= 4 is 11.7 Å². The second kappa shape index (κ2) is 13.9. The maximum absolute atomic E-state index is 12.1. The molecule has 0 saturated heterocycles. The number of carboxylic acids is 1. The van der Waals surface area contributed by atoms with Crippen LogP contribution in [-0.4, -0.2) is 33.8 Å². The Labute approximate surface area is 242 Å². The van der Waals surface area contributed by atoms with Crippen molar-refractivity contribution in [1.82, 2.24) is 5.32 Å². The second-order valence-electron chi connectivity index (χ2n) is 9.48. The minimum atomic E-state index is -1.28. The van der Waals surface area contributed by atoms with Crippen molar-refractivity contribution in [3.63, 3.8) is 0 Å². The average Bonchev–Trinajstić information content (AvgIpc) is 3.00. The SMILES string of the molecule is Cc1c(COc2cc(OCc3cccc(C#N)c3)c(CN[C@@H](CO)C(=O)O)cc2[N+](=O)[O-])cccc1-c1ccccc1. The van der Waals surface area contributed by atoms with E-state index < -0.39 is 23.5 Å². The molecular weight excluding hydrogens is 538 g/mol. The van der Waals surface area contributed by atoms with Crippen molar-refractivity contribution in [2.75, 3.05) is 6.61 Å². The van der Waals surface area contributed by atoms with Crippen molar-refractivity contribution in [1.29, 1.82) is 5.26 Å². The van der Waals surface area contributed by atoms with Gasteiger partial charge in [0, 0.05) is 24.2 Å². The molecular formula is C32H29N3O7. The van der Waals surface area contributed by atoms with E-state index in [2.05, 4.69) is 11.4 Å². The lowest BCUT2D eigenvalue weighted by Crippen LogP contribution is -2.39. The number of ether oxygens (including phenoxy) is 2. The van der Waals surface area contributed by atoms with Gasteiger partial charge in [-0.15, -0.1) is 0 Å². The molecule has 1 atom stereocenters. The Morgan fingerprint density at radius 1 is 0.976 bits per heavy atom. The summed E-state index contributed by atoms with van der Waals surface area (Å²) in [4.78, 5) is 22.9. The second-order valence-corrected chi connectivity index (χ2v) is 9.48. The van der Waals surface area contributed by atoms with Gasteiger partial charge in [-0.3, -0.25) is 20.2 Å². The summed E-state index contributed by atoms with van der Waals surface area (Å²) in [7, 11) is 0. The van der Waals surface area contributed by atoms with Gasteiger partial charge in [-0.2, -0.15) is 5.26 Å². The van der Waals surface area contributed by atoms with Crippen molar-refractivity contribution in [3.05, 3.63) is 123 Å². The fourth-order valence-corrected chi connectivity index (χ4v) is 4.40. The van der Waals surface area contributed by atoms with Gasteiger partial charge < -0.3 is 19.7 Å². The third-order valence-electron chi connectivity index (χ3n) is 6.72. The molecule has 0 spiro atoms. The van der Waals surface area contributed by atoms with E-state index in [4.69, 9.17) is 9.47 Å². The van der Waals surface area contributed by atoms with Crippen LogP contribution < -0.4 is 14.8 Å². The first-order valence-electron chi connectivity index (χ1n) is 13.1. The molecule has 42 heavy (non-hydrogen) atoms. The van der Waals surface area contributed by atoms with Crippen molar-refractivity contribution in [3.8, 4) is 28.7 Å². The fourth-order valence-electron chi connectivity index (χ4n) is 4.40. The van der Waals surface area contributed by atoms with Gasteiger partial charge in [0.2, 0.25) is 5.75 Å². The number of hydrogen-bond donors (Lipinski definition) is 3. The highest BCUT2D eigenvalue weighted by Crippen LogP contribution is 2.36. The summed E-state index contributed by atoms with van der Waals surface area (Å²) in [6, 6.07) is 25.9. The Balaban J connectivity index is 1.65. The number of nitrogens with one attached hydrogen (secondary N) is 1. The highest BCUT2D eigenvalue weighted by Gasteiger charge is 2.23. The van der Waals surface area contributed by atoms with Crippen molar-refractivity contribution < 1.29 is 29.4 Å². The zero-order chi connectivity index (χ0) is 30.1. The Bertz CT molecular complexity index is 1620. The first kappa shape index (κ1) is 29.7. The molecule has 4 rings (SSSR count). The van der Waals surface area contributed by atoms with Gasteiger partial charge in [-0.25, -0.2) is 0 Å². The van der Waals surface area contributed by atoms with Crippen LogP contribution in [0, 0.1) is 28.4 Å². The van der Waals surface area contributed by atoms with Crippen LogP contribution in [0.5, 0.6) is 11.5 Å². The number of aliphatic carboxylic acids is 1. The number of aliphatic hydroxyl groups excluding tert-OH is 1. The van der Waals surface area contributed by atoms with E-state index in [-0.39, 0.29) is 36.9 Å². The summed E-state index contributed by atoms with van der Waals surface area (Å²) in [6.07, 6.45) is 0. The monoisotopic (exact) mass is 567 g/mol. The highest BCUT2D eigenvalue weighted by molar-refractivity contribution is 5.73. The number of aliphatic hydroxyl groups is 1. The number of nitrogens with zero attached hydrogens (tertiary/aromatic N) is 2. The maximum atomic E-state index is 12.1. The zero-order valence-corrected chi connectivity index (χ0v) is 22.8. The molecule has 0 aromatic heterocycles. The van der Waals surface area contributed by atoms with Crippen LogP contribution in [0.15, 0.2) is 84.9 Å². The number of hydrogen-bond acceptors (Lipinski definition) is 8. The smallest absolute Gasteiger partial charge is 0.323 e. The van der Waals surface area contributed by atoms with E-state index in [0.717, 1.165) is 22.3 Å². The average molecular weight is 568 g/mol. The Hall–Kier alpha value is -5.24. The molecule has 0 unspecified atom stereocenters. The summed E-state index contributed by atoms with van der Waals surface area (Å²) in [5.74, 6) is -1.07. The number of carbonyl (C=O) groups is 1. The van der Waals surface area contributed by atoms with Gasteiger partial charge in [0.05, 0.1) is 23.2 Å². The first-order chi connectivity index (χ1) is 20.3. The van der Waals surface area contributed by atoms with Crippen LogP contribution in [0.4, 0.5) is 5.69 Å². The number of nitriles is 1. The highest BCUT2D eigenvalue weighted by atomic mass is 16.6. The third-order valence-corrected chi connectivity index (χ3v) is 6.72. The standard InChI is InChI=1S/C32H29N3O7/c1-21-25(11-6-12-27(21)24-9-3-2-4-10-24)20-42-31-15-30(41-19-23-8-5-7-22(13-23)16-33)26(14-29(31)35(39)40)17-34-28(18-36)32(37)38/h2-15,28,34,36H,17-20H2,1H3,(H,37,38)/t28-/m0/s1. The van der Waals surface area contributed by atoms with Crippen LogP contribution >= 0.6 is 0 Å². The number of nitro groups is 1. The molecule has 0 fully saturated rings. The van der Waals surface area contributed by atoms with Gasteiger partial charge >= 0.3 is 11.7 Å². The minimum Gasteiger partial charge on any atom is -0.488 e. The van der Waals surface area contributed by atoms with E-state index in [1.54, 1.807) is 24.3 Å². The molecule has 214 valence electrons. The number of nitro benzene ring substituents is 1. The quantitative estimate of drug-likeness (QED) is 0.147. The molecule has 0 aliphatic rings. The van der Waals surface area contributed by atoms with Gasteiger partial charge in [-0.1, -0.05) is 60.7 Å².